The van der Waals surface area contributed by atoms with E-state index in [1.54, 1.807) is 0 Å². The lowest BCUT2D eigenvalue weighted by Crippen LogP contribution is -2.00. The Morgan fingerprint density at radius 1 is 1.56 bits per heavy atom. The van der Waals surface area contributed by atoms with Gasteiger partial charge in [0.2, 0.25) is 5.89 Å². The Kier molecular flexibility index (Phi) is 2.47. The molecule has 0 fully saturated rings. The van der Waals surface area contributed by atoms with Gasteiger partial charge in [0.05, 0.1) is 17.5 Å². The molecule has 84 valence electrons. The van der Waals surface area contributed by atoms with Crippen LogP contribution in [0.15, 0.2) is 16.8 Å². The van der Waals surface area contributed by atoms with Crippen LogP contribution in [0.5, 0.6) is 0 Å². The van der Waals surface area contributed by atoms with Crippen molar-refractivity contribution in [2.24, 2.45) is 0 Å². The quantitative estimate of drug-likeness (QED) is 0.843. The molecule has 2 rings (SSSR count). The highest BCUT2D eigenvalue weighted by molar-refractivity contribution is 5.86. The molecule has 2 heterocycles. The maximum absolute atomic E-state index is 10.6. The number of carbonyl (C=O) groups is 1. The molecule has 1 N–H and O–H groups in total. The zero-order chi connectivity index (χ0) is 11.7. The molecule has 0 bridgehead atoms. The van der Waals surface area contributed by atoms with Gasteiger partial charge in [0.15, 0.2) is 0 Å². The number of carboxylic acids is 1. The van der Waals surface area contributed by atoms with Crippen molar-refractivity contribution in [3.05, 3.63) is 35.3 Å². The lowest BCUT2D eigenvalue weighted by Gasteiger charge is -1.94. The fourth-order valence-electron chi connectivity index (χ4n) is 1.31. The number of aromatic carboxylic acids is 1. The molecule has 0 aromatic carbocycles. The lowest BCUT2D eigenvalue weighted by atomic mass is 10.4. The highest BCUT2D eigenvalue weighted by atomic mass is 16.4. The molecule has 0 spiro atoms. The number of hydrogen-bond acceptors (Lipinski definition) is 4. The third-order valence-electron chi connectivity index (χ3n) is 2.25. The molecule has 0 radical (unpaired) electrons. The van der Waals surface area contributed by atoms with E-state index in [9.17, 15) is 4.79 Å². The van der Waals surface area contributed by atoms with Crippen molar-refractivity contribution in [1.82, 2.24) is 14.8 Å². The average molecular weight is 221 g/mol. The van der Waals surface area contributed by atoms with Crippen LogP contribution in [-0.4, -0.2) is 25.8 Å². The highest BCUT2D eigenvalue weighted by Crippen LogP contribution is 2.09. The zero-order valence-corrected chi connectivity index (χ0v) is 8.97. The molecule has 6 nitrogen and oxygen atoms in total. The van der Waals surface area contributed by atoms with E-state index in [4.69, 9.17) is 9.52 Å². The molecular formula is C10H11N3O3. The van der Waals surface area contributed by atoms with E-state index < -0.39 is 5.97 Å². The number of hydrogen-bond donors (Lipinski definition) is 1. The first kappa shape index (κ1) is 10.4. The van der Waals surface area contributed by atoms with Gasteiger partial charge in [0.1, 0.15) is 12.3 Å². The highest BCUT2D eigenvalue weighted by Gasteiger charge is 2.09. The van der Waals surface area contributed by atoms with Crippen molar-refractivity contribution in [3.63, 3.8) is 0 Å². The van der Waals surface area contributed by atoms with Gasteiger partial charge >= 0.3 is 5.97 Å². The summed E-state index contributed by atoms with van der Waals surface area (Å²) in [6.45, 7) is 4.02. The predicted molar refractivity (Wildman–Crippen MR) is 54.3 cm³/mol. The van der Waals surface area contributed by atoms with Gasteiger partial charge in [-0.1, -0.05) is 0 Å². The Hall–Kier alpha value is -2.11. The van der Waals surface area contributed by atoms with Crippen molar-refractivity contribution in [3.8, 4) is 0 Å². The number of aryl methyl sites for hydroxylation is 2. The van der Waals surface area contributed by atoms with E-state index in [0.717, 1.165) is 11.5 Å². The molecule has 2 aromatic rings. The maximum Gasteiger partial charge on any atom is 0.338 e. The molecule has 0 saturated heterocycles. The van der Waals surface area contributed by atoms with E-state index in [2.05, 4.69) is 10.1 Å². The van der Waals surface area contributed by atoms with Crippen molar-refractivity contribution in [2.45, 2.75) is 20.4 Å². The van der Waals surface area contributed by atoms with Crippen LogP contribution in [0.25, 0.3) is 0 Å². The largest absolute Gasteiger partial charge is 0.478 e. The van der Waals surface area contributed by atoms with E-state index in [1.807, 2.05) is 13.8 Å². The summed E-state index contributed by atoms with van der Waals surface area (Å²) in [4.78, 5) is 14.8. The van der Waals surface area contributed by atoms with Gasteiger partial charge in [-0.25, -0.2) is 9.78 Å². The van der Waals surface area contributed by atoms with Gasteiger partial charge in [-0.05, 0) is 13.8 Å². The summed E-state index contributed by atoms with van der Waals surface area (Å²) < 4.78 is 6.85. The summed E-state index contributed by atoms with van der Waals surface area (Å²) in [5.74, 6) is 0.293. The van der Waals surface area contributed by atoms with Gasteiger partial charge in [-0.15, -0.1) is 0 Å². The molecule has 0 aliphatic rings. The molecule has 0 saturated carbocycles. The molecule has 0 aliphatic carbocycles. The molecule has 0 atom stereocenters. The maximum atomic E-state index is 10.6. The second kappa shape index (κ2) is 3.80. The third-order valence-corrected chi connectivity index (χ3v) is 2.25. The topological polar surface area (TPSA) is 81.2 Å². The first-order chi connectivity index (χ1) is 7.56. The molecule has 2 aromatic heterocycles. The minimum Gasteiger partial charge on any atom is -0.478 e. The standard InChI is InChI=1S/C10H11N3O3/c1-6-7(2)16-9(12-6)5-13-4-8(3-11-13)10(14)15/h3-4H,5H2,1-2H3,(H,14,15). The molecule has 6 heteroatoms. The predicted octanol–water partition coefficient (Wildman–Crippen LogP) is 1.23. The Morgan fingerprint density at radius 2 is 2.31 bits per heavy atom. The number of aromatic nitrogens is 3. The van der Waals surface area contributed by atoms with Gasteiger partial charge < -0.3 is 9.52 Å². The SMILES string of the molecule is Cc1nc(Cn2cc(C(=O)O)cn2)oc1C. The van der Waals surface area contributed by atoms with E-state index >= 15 is 0 Å². The summed E-state index contributed by atoms with van der Waals surface area (Å²) >= 11 is 0. The van der Waals surface area contributed by atoms with Crippen LogP contribution in [0, 0.1) is 13.8 Å². The molecule has 0 amide bonds. The summed E-state index contributed by atoms with van der Waals surface area (Å²) in [7, 11) is 0. The minimum absolute atomic E-state index is 0.153. The van der Waals surface area contributed by atoms with Crippen LogP contribution >= 0.6 is 0 Å². The van der Waals surface area contributed by atoms with Crippen LogP contribution in [0.2, 0.25) is 0 Å². The van der Waals surface area contributed by atoms with E-state index in [1.165, 1.54) is 17.1 Å². The third kappa shape index (κ3) is 1.95. The summed E-state index contributed by atoms with van der Waals surface area (Å²) in [5.41, 5.74) is 0.987. The second-order valence-electron chi connectivity index (χ2n) is 3.48. The smallest absolute Gasteiger partial charge is 0.338 e. The van der Waals surface area contributed by atoms with Crippen molar-refractivity contribution in [2.75, 3.05) is 0 Å². The number of carboxylic acid groups (broad SMARTS) is 1. The lowest BCUT2D eigenvalue weighted by molar-refractivity contribution is 0.0696. The summed E-state index contributed by atoms with van der Waals surface area (Å²) in [6, 6.07) is 0. The second-order valence-corrected chi connectivity index (χ2v) is 3.48. The zero-order valence-electron chi connectivity index (χ0n) is 8.97. The van der Waals surface area contributed by atoms with Crippen LogP contribution < -0.4 is 0 Å². The fraction of sp³-hybridized carbons (Fsp3) is 0.300. The Morgan fingerprint density at radius 3 is 2.81 bits per heavy atom. The fourth-order valence-corrected chi connectivity index (χ4v) is 1.31. The van der Waals surface area contributed by atoms with Gasteiger partial charge in [-0.3, -0.25) is 4.68 Å². The number of nitrogens with zero attached hydrogens (tertiary/aromatic N) is 3. The molecule has 0 aliphatic heterocycles. The number of oxazole rings is 1. The van der Waals surface area contributed by atoms with E-state index in [-0.39, 0.29) is 5.56 Å². The normalized spacial score (nSPS) is 10.6. The average Bonchev–Trinajstić information content (AvgIpc) is 2.76. The van der Waals surface area contributed by atoms with Crippen LogP contribution in [0.1, 0.15) is 27.7 Å². The Bertz CT molecular complexity index is 508. The van der Waals surface area contributed by atoms with E-state index in [0.29, 0.717) is 12.4 Å². The first-order valence-corrected chi connectivity index (χ1v) is 4.75. The summed E-state index contributed by atoms with van der Waals surface area (Å²) in [6.07, 6.45) is 2.74. The Balaban J connectivity index is 2.17. The van der Waals surface area contributed by atoms with Crippen LogP contribution in [0.4, 0.5) is 0 Å². The molecule has 0 unspecified atom stereocenters. The van der Waals surface area contributed by atoms with Gasteiger partial charge in [-0.2, -0.15) is 5.10 Å². The first-order valence-electron chi connectivity index (χ1n) is 4.75. The number of rotatable bonds is 3. The van der Waals surface area contributed by atoms with Gasteiger partial charge in [0, 0.05) is 6.20 Å². The minimum atomic E-state index is -0.994. The van der Waals surface area contributed by atoms with Crippen molar-refractivity contribution >= 4 is 5.97 Å². The van der Waals surface area contributed by atoms with Crippen LogP contribution in [0.3, 0.4) is 0 Å². The van der Waals surface area contributed by atoms with Crippen LogP contribution in [-0.2, 0) is 6.54 Å². The van der Waals surface area contributed by atoms with Crippen molar-refractivity contribution < 1.29 is 14.3 Å². The molecular weight excluding hydrogens is 210 g/mol. The summed E-state index contributed by atoms with van der Waals surface area (Å²) in [5, 5.41) is 12.6. The molecule has 16 heavy (non-hydrogen) atoms. The monoisotopic (exact) mass is 221 g/mol. The van der Waals surface area contributed by atoms with Crippen molar-refractivity contribution in [1.29, 1.82) is 0 Å². The Labute approximate surface area is 91.5 Å². The van der Waals surface area contributed by atoms with Gasteiger partial charge in [0.25, 0.3) is 0 Å².